The smallest absolute Gasteiger partial charge is 0.303 e. The summed E-state index contributed by atoms with van der Waals surface area (Å²) in [5.41, 5.74) is 0.590. The molecule has 0 amide bonds. The average molecular weight is 252 g/mol. The number of thioether (sulfide) groups is 1. The van der Waals surface area contributed by atoms with Gasteiger partial charge < -0.3 is 5.11 Å². The van der Waals surface area contributed by atoms with E-state index in [4.69, 9.17) is 5.11 Å². The molecule has 0 fully saturated rings. The number of carboxylic acids is 1. The number of carbonyl (C=O) groups is 2. The van der Waals surface area contributed by atoms with Crippen LogP contribution >= 0.6 is 11.8 Å². The molecule has 0 radical (unpaired) electrons. The Bertz CT molecular complexity index is 384. The SMILES string of the molecule is CCCSc1ccc(C(=O)CCC(=O)O)cc1. The molecule has 0 aliphatic carbocycles. The van der Waals surface area contributed by atoms with Gasteiger partial charge in [-0.2, -0.15) is 0 Å². The lowest BCUT2D eigenvalue weighted by Crippen LogP contribution is -2.03. The van der Waals surface area contributed by atoms with Crippen LogP contribution in [0.1, 0.15) is 36.5 Å². The van der Waals surface area contributed by atoms with Crippen molar-refractivity contribution in [1.82, 2.24) is 0 Å². The quantitative estimate of drug-likeness (QED) is 0.598. The molecular formula is C13H16O3S. The molecule has 0 aliphatic heterocycles. The number of aliphatic carboxylic acids is 1. The lowest BCUT2D eigenvalue weighted by Gasteiger charge is -2.02. The highest BCUT2D eigenvalue weighted by Crippen LogP contribution is 2.19. The number of benzene rings is 1. The number of hydrogen-bond donors (Lipinski definition) is 1. The molecular weight excluding hydrogens is 236 g/mol. The van der Waals surface area contributed by atoms with Gasteiger partial charge in [0.25, 0.3) is 0 Å². The van der Waals surface area contributed by atoms with E-state index in [0.29, 0.717) is 5.56 Å². The van der Waals surface area contributed by atoms with Gasteiger partial charge in [0.15, 0.2) is 5.78 Å². The molecule has 0 aromatic heterocycles. The van der Waals surface area contributed by atoms with E-state index in [9.17, 15) is 9.59 Å². The maximum atomic E-state index is 11.6. The van der Waals surface area contributed by atoms with E-state index in [1.165, 1.54) is 0 Å². The molecule has 0 atom stereocenters. The standard InChI is InChI=1S/C13H16O3S/c1-2-9-17-11-5-3-10(4-6-11)12(14)7-8-13(15)16/h3-6H,2,7-9H2,1H3,(H,15,16). The van der Waals surface area contributed by atoms with Crippen molar-refractivity contribution < 1.29 is 14.7 Å². The van der Waals surface area contributed by atoms with Crippen LogP contribution in [0.3, 0.4) is 0 Å². The highest BCUT2D eigenvalue weighted by molar-refractivity contribution is 7.99. The van der Waals surface area contributed by atoms with Crippen LogP contribution in [0.25, 0.3) is 0 Å². The van der Waals surface area contributed by atoms with E-state index >= 15 is 0 Å². The Morgan fingerprint density at radius 2 is 1.82 bits per heavy atom. The molecule has 0 aliphatic rings. The van der Waals surface area contributed by atoms with E-state index in [1.54, 1.807) is 23.9 Å². The molecule has 1 N–H and O–H groups in total. The summed E-state index contributed by atoms with van der Waals surface area (Å²) in [4.78, 5) is 23.1. The third-order valence-corrected chi connectivity index (χ3v) is 3.43. The molecule has 1 aromatic carbocycles. The zero-order valence-electron chi connectivity index (χ0n) is 9.81. The second-order valence-electron chi connectivity index (χ2n) is 3.69. The number of Topliss-reactive ketones (excluding diaryl/α,β-unsaturated/α-hetero) is 1. The van der Waals surface area contributed by atoms with Gasteiger partial charge in [0, 0.05) is 16.9 Å². The maximum absolute atomic E-state index is 11.6. The first-order chi connectivity index (χ1) is 8.13. The fourth-order valence-corrected chi connectivity index (χ4v) is 2.09. The molecule has 1 aromatic rings. The minimum absolute atomic E-state index is 0.0663. The van der Waals surface area contributed by atoms with E-state index in [1.807, 2.05) is 12.1 Å². The van der Waals surface area contributed by atoms with Crippen LogP contribution < -0.4 is 0 Å². The van der Waals surface area contributed by atoms with E-state index in [2.05, 4.69) is 6.92 Å². The zero-order chi connectivity index (χ0) is 12.7. The van der Waals surface area contributed by atoms with Gasteiger partial charge in [-0.1, -0.05) is 19.1 Å². The highest BCUT2D eigenvalue weighted by Gasteiger charge is 2.08. The maximum Gasteiger partial charge on any atom is 0.303 e. The van der Waals surface area contributed by atoms with Crippen molar-refractivity contribution in [3.05, 3.63) is 29.8 Å². The van der Waals surface area contributed by atoms with Gasteiger partial charge in [-0.15, -0.1) is 11.8 Å². The third-order valence-electron chi connectivity index (χ3n) is 2.22. The second kappa shape index (κ2) is 7.12. The molecule has 0 spiro atoms. The summed E-state index contributed by atoms with van der Waals surface area (Å²) in [6, 6.07) is 7.35. The number of carboxylic acid groups (broad SMARTS) is 1. The lowest BCUT2D eigenvalue weighted by atomic mass is 10.1. The first-order valence-corrected chi connectivity index (χ1v) is 6.60. The van der Waals surface area contributed by atoms with Gasteiger partial charge in [-0.05, 0) is 24.3 Å². The largest absolute Gasteiger partial charge is 0.481 e. The van der Waals surface area contributed by atoms with Crippen LogP contribution in [-0.4, -0.2) is 22.6 Å². The summed E-state index contributed by atoms with van der Waals surface area (Å²) in [6.07, 6.45) is 1.08. The Kier molecular flexibility index (Phi) is 5.77. The molecule has 0 saturated carbocycles. The van der Waals surface area contributed by atoms with Gasteiger partial charge in [0.2, 0.25) is 0 Å². The van der Waals surface area contributed by atoms with E-state index in [-0.39, 0.29) is 18.6 Å². The van der Waals surface area contributed by atoms with Crippen molar-refractivity contribution in [1.29, 1.82) is 0 Å². The first kappa shape index (κ1) is 13.8. The Labute approximate surface area is 105 Å². The van der Waals surface area contributed by atoms with Crippen LogP contribution in [0.4, 0.5) is 0 Å². The van der Waals surface area contributed by atoms with Crippen molar-refractivity contribution in [2.75, 3.05) is 5.75 Å². The molecule has 0 bridgehead atoms. The molecule has 17 heavy (non-hydrogen) atoms. The third kappa shape index (κ3) is 5.04. The minimum atomic E-state index is -0.937. The van der Waals surface area contributed by atoms with Crippen molar-refractivity contribution >= 4 is 23.5 Å². The van der Waals surface area contributed by atoms with Crippen LogP contribution in [-0.2, 0) is 4.79 Å². The highest BCUT2D eigenvalue weighted by atomic mass is 32.2. The summed E-state index contributed by atoms with van der Waals surface area (Å²) in [7, 11) is 0. The lowest BCUT2D eigenvalue weighted by molar-refractivity contribution is -0.136. The van der Waals surface area contributed by atoms with Gasteiger partial charge in [0.05, 0.1) is 6.42 Å². The Balaban J connectivity index is 2.54. The number of rotatable bonds is 7. The van der Waals surface area contributed by atoms with Crippen LogP contribution in [0.5, 0.6) is 0 Å². The normalized spacial score (nSPS) is 10.2. The zero-order valence-corrected chi connectivity index (χ0v) is 10.6. The van der Waals surface area contributed by atoms with Crippen LogP contribution in [0.2, 0.25) is 0 Å². The van der Waals surface area contributed by atoms with Crippen molar-refractivity contribution in [2.24, 2.45) is 0 Å². The van der Waals surface area contributed by atoms with Gasteiger partial charge >= 0.3 is 5.97 Å². The molecule has 3 nitrogen and oxygen atoms in total. The van der Waals surface area contributed by atoms with Crippen LogP contribution in [0.15, 0.2) is 29.2 Å². The van der Waals surface area contributed by atoms with Crippen LogP contribution in [0, 0.1) is 0 Å². The number of carbonyl (C=O) groups excluding carboxylic acids is 1. The fourth-order valence-electron chi connectivity index (χ4n) is 1.32. The average Bonchev–Trinajstić information content (AvgIpc) is 2.34. The molecule has 1 rings (SSSR count). The fraction of sp³-hybridized carbons (Fsp3) is 0.385. The number of hydrogen-bond acceptors (Lipinski definition) is 3. The first-order valence-electron chi connectivity index (χ1n) is 5.61. The molecule has 0 heterocycles. The second-order valence-corrected chi connectivity index (χ2v) is 4.86. The summed E-state index contributed by atoms with van der Waals surface area (Å²) in [6.45, 7) is 2.12. The van der Waals surface area contributed by atoms with E-state index < -0.39 is 5.97 Å². The van der Waals surface area contributed by atoms with Gasteiger partial charge in [-0.3, -0.25) is 9.59 Å². The minimum Gasteiger partial charge on any atom is -0.481 e. The van der Waals surface area contributed by atoms with Crippen molar-refractivity contribution in [3.8, 4) is 0 Å². The summed E-state index contributed by atoms with van der Waals surface area (Å²) >= 11 is 1.75. The van der Waals surface area contributed by atoms with Gasteiger partial charge in [-0.25, -0.2) is 0 Å². The Morgan fingerprint density at radius 3 is 2.35 bits per heavy atom. The van der Waals surface area contributed by atoms with E-state index in [0.717, 1.165) is 17.1 Å². The molecule has 4 heteroatoms. The molecule has 0 saturated heterocycles. The predicted octanol–water partition coefficient (Wildman–Crippen LogP) is 3.24. The summed E-state index contributed by atoms with van der Waals surface area (Å²) in [5.74, 6) is 0.0136. The topological polar surface area (TPSA) is 54.4 Å². The predicted molar refractivity (Wildman–Crippen MR) is 68.7 cm³/mol. The Morgan fingerprint density at radius 1 is 1.18 bits per heavy atom. The van der Waals surface area contributed by atoms with Crippen molar-refractivity contribution in [2.45, 2.75) is 31.1 Å². The molecule has 0 unspecified atom stereocenters. The van der Waals surface area contributed by atoms with Gasteiger partial charge in [0.1, 0.15) is 0 Å². The number of ketones is 1. The van der Waals surface area contributed by atoms with Crippen molar-refractivity contribution in [3.63, 3.8) is 0 Å². The monoisotopic (exact) mass is 252 g/mol. The summed E-state index contributed by atoms with van der Waals surface area (Å²) in [5, 5.41) is 8.49. The molecule has 92 valence electrons. The summed E-state index contributed by atoms with van der Waals surface area (Å²) < 4.78 is 0. The Hall–Kier alpha value is -1.29.